The Balaban J connectivity index is 2.44. The van der Waals surface area contributed by atoms with Crippen molar-refractivity contribution in [3.05, 3.63) is 34.1 Å². The fourth-order valence-corrected chi connectivity index (χ4v) is 1.93. The minimum Gasteiger partial charge on any atom is -0.352 e. The highest BCUT2D eigenvalue weighted by atomic mass is 79.9. The Hall–Kier alpha value is -0.610. The largest absolute Gasteiger partial charge is 0.352 e. The molecular weight excluding hydrogens is 308 g/mol. The van der Waals surface area contributed by atoms with Crippen LogP contribution >= 0.6 is 27.5 Å². The van der Waals surface area contributed by atoms with Gasteiger partial charge in [0, 0.05) is 12.4 Å². The Morgan fingerprint density at radius 2 is 2.12 bits per heavy atom. The Morgan fingerprint density at radius 3 is 2.82 bits per heavy atom. The van der Waals surface area contributed by atoms with Crippen molar-refractivity contribution in [3.63, 3.8) is 0 Å². The first-order chi connectivity index (χ1) is 8.16. The summed E-state index contributed by atoms with van der Waals surface area (Å²) >= 11 is 8.58. The second-order valence-electron chi connectivity index (χ2n) is 3.61. The molecule has 2 nitrogen and oxygen atoms in total. The molecule has 0 heterocycles. The summed E-state index contributed by atoms with van der Waals surface area (Å²) in [6.07, 6.45) is 2.75. The number of rotatable bonds is 6. The van der Waals surface area contributed by atoms with Gasteiger partial charge in [0.1, 0.15) is 5.82 Å². The number of carbonyl (C=O) groups excluding carboxylic acids is 1. The van der Waals surface area contributed by atoms with E-state index < -0.39 is 5.82 Å². The quantitative estimate of drug-likeness (QED) is 0.627. The van der Waals surface area contributed by atoms with Gasteiger partial charge in [-0.3, -0.25) is 4.79 Å². The van der Waals surface area contributed by atoms with E-state index >= 15 is 0 Å². The third-order valence-electron chi connectivity index (χ3n) is 2.29. The fourth-order valence-electron chi connectivity index (χ4n) is 1.37. The summed E-state index contributed by atoms with van der Waals surface area (Å²) in [5.74, 6) is -0.269. The van der Waals surface area contributed by atoms with Crippen molar-refractivity contribution in [2.45, 2.75) is 19.3 Å². The standard InChI is InChI=1S/C12H14BrClFNO/c13-10-6-4-5-9(11(10)15)12(17)16-8-3-1-2-7-14/h4-6H,1-3,7-8H2,(H,16,17). The molecule has 0 spiro atoms. The number of unbranched alkanes of at least 4 members (excludes halogenated alkanes) is 2. The lowest BCUT2D eigenvalue weighted by molar-refractivity contribution is 0.0949. The number of amides is 1. The smallest absolute Gasteiger partial charge is 0.254 e. The summed E-state index contributed by atoms with van der Waals surface area (Å²) in [6.45, 7) is 0.543. The minimum atomic E-state index is -0.522. The van der Waals surface area contributed by atoms with Crippen LogP contribution in [0.15, 0.2) is 22.7 Å². The molecule has 0 aromatic heterocycles. The van der Waals surface area contributed by atoms with Crippen LogP contribution in [0.2, 0.25) is 0 Å². The molecule has 0 radical (unpaired) electrons. The molecule has 0 saturated carbocycles. The van der Waals surface area contributed by atoms with Crippen molar-refractivity contribution in [1.29, 1.82) is 0 Å². The maximum Gasteiger partial charge on any atom is 0.254 e. The lowest BCUT2D eigenvalue weighted by Crippen LogP contribution is -2.25. The van der Waals surface area contributed by atoms with Crippen molar-refractivity contribution in [2.75, 3.05) is 12.4 Å². The first-order valence-electron chi connectivity index (χ1n) is 5.45. The highest BCUT2D eigenvalue weighted by Crippen LogP contribution is 2.18. The lowest BCUT2D eigenvalue weighted by atomic mass is 10.2. The third-order valence-corrected chi connectivity index (χ3v) is 3.17. The van der Waals surface area contributed by atoms with Gasteiger partial charge >= 0.3 is 0 Å². The molecule has 5 heteroatoms. The average molecular weight is 323 g/mol. The van der Waals surface area contributed by atoms with Gasteiger partial charge in [-0.1, -0.05) is 12.5 Å². The first kappa shape index (κ1) is 14.5. The second-order valence-corrected chi connectivity index (χ2v) is 4.84. The number of hydrogen-bond acceptors (Lipinski definition) is 1. The maximum atomic E-state index is 13.6. The number of carbonyl (C=O) groups is 1. The Morgan fingerprint density at radius 1 is 1.35 bits per heavy atom. The Labute approximate surface area is 114 Å². The average Bonchev–Trinajstić information content (AvgIpc) is 2.32. The molecule has 1 aromatic rings. The fraction of sp³-hybridized carbons (Fsp3) is 0.417. The summed E-state index contributed by atoms with van der Waals surface area (Å²) in [7, 11) is 0. The molecule has 0 bridgehead atoms. The van der Waals surface area contributed by atoms with Crippen LogP contribution in [-0.4, -0.2) is 18.3 Å². The van der Waals surface area contributed by atoms with Crippen molar-refractivity contribution < 1.29 is 9.18 Å². The van der Waals surface area contributed by atoms with Crippen LogP contribution in [0.25, 0.3) is 0 Å². The predicted octanol–water partition coefficient (Wildman–Crippen LogP) is 3.73. The van der Waals surface area contributed by atoms with Gasteiger partial charge in [0.05, 0.1) is 10.0 Å². The second kappa shape index (κ2) is 7.67. The molecular formula is C12H14BrClFNO. The number of hydrogen-bond donors (Lipinski definition) is 1. The number of nitrogens with one attached hydrogen (secondary N) is 1. The molecule has 0 aliphatic rings. The number of alkyl halides is 1. The van der Waals surface area contributed by atoms with E-state index in [0.29, 0.717) is 16.9 Å². The van der Waals surface area contributed by atoms with Gasteiger partial charge in [0.2, 0.25) is 0 Å². The predicted molar refractivity (Wildman–Crippen MR) is 71.0 cm³/mol. The van der Waals surface area contributed by atoms with Crippen molar-refractivity contribution in [2.24, 2.45) is 0 Å². The highest BCUT2D eigenvalue weighted by Gasteiger charge is 2.12. The van der Waals surface area contributed by atoms with Gasteiger partial charge in [-0.15, -0.1) is 11.6 Å². The lowest BCUT2D eigenvalue weighted by Gasteiger charge is -2.06. The van der Waals surface area contributed by atoms with E-state index in [4.69, 9.17) is 11.6 Å². The molecule has 1 N–H and O–H groups in total. The molecule has 1 rings (SSSR count). The molecule has 0 atom stereocenters. The van der Waals surface area contributed by atoms with Gasteiger partial charge in [-0.2, -0.15) is 0 Å². The maximum absolute atomic E-state index is 13.6. The summed E-state index contributed by atoms with van der Waals surface area (Å²) in [4.78, 5) is 11.7. The van der Waals surface area contributed by atoms with Crippen LogP contribution < -0.4 is 5.32 Å². The van der Waals surface area contributed by atoms with E-state index in [1.807, 2.05) is 0 Å². The monoisotopic (exact) mass is 321 g/mol. The highest BCUT2D eigenvalue weighted by molar-refractivity contribution is 9.10. The summed E-state index contributed by atoms with van der Waals surface area (Å²) in [5.41, 5.74) is 0.0664. The molecule has 0 saturated heterocycles. The zero-order valence-electron chi connectivity index (χ0n) is 9.31. The SMILES string of the molecule is O=C(NCCCCCCl)c1cccc(Br)c1F. The number of halogens is 3. The normalized spacial score (nSPS) is 10.3. The first-order valence-corrected chi connectivity index (χ1v) is 6.77. The molecule has 0 fully saturated rings. The van der Waals surface area contributed by atoms with E-state index in [1.54, 1.807) is 12.1 Å². The van der Waals surface area contributed by atoms with E-state index in [1.165, 1.54) is 6.07 Å². The molecule has 94 valence electrons. The zero-order valence-corrected chi connectivity index (χ0v) is 11.7. The van der Waals surface area contributed by atoms with Gasteiger partial charge in [-0.05, 0) is 40.9 Å². The summed E-state index contributed by atoms with van der Waals surface area (Å²) in [6, 6.07) is 4.66. The third kappa shape index (κ3) is 4.64. The van der Waals surface area contributed by atoms with Gasteiger partial charge in [-0.25, -0.2) is 4.39 Å². The van der Waals surface area contributed by atoms with Crippen molar-refractivity contribution in [1.82, 2.24) is 5.32 Å². The van der Waals surface area contributed by atoms with Crippen molar-refractivity contribution >= 4 is 33.4 Å². The number of benzene rings is 1. The molecule has 1 amide bonds. The van der Waals surface area contributed by atoms with Crippen LogP contribution in [0.5, 0.6) is 0 Å². The van der Waals surface area contributed by atoms with Gasteiger partial charge < -0.3 is 5.32 Å². The van der Waals surface area contributed by atoms with Gasteiger partial charge in [0.25, 0.3) is 5.91 Å². The molecule has 0 aliphatic heterocycles. The van der Waals surface area contributed by atoms with Crippen LogP contribution in [0.4, 0.5) is 4.39 Å². The van der Waals surface area contributed by atoms with E-state index in [9.17, 15) is 9.18 Å². The zero-order chi connectivity index (χ0) is 12.7. The summed E-state index contributed by atoms with van der Waals surface area (Å²) in [5, 5.41) is 2.68. The van der Waals surface area contributed by atoms with Crippen LogP contribution in [0, 0.1) is 5.82 Å². The molecule has 17 heavy (non-hydrogen) atoms. The molecule has 0 aliphatic carbocycles. The summed E-state index contributed by atoms with van der Waals surface area (Å²) < 4.78 is 13.9. The van der Waals surface area contributed by atoms with Crippen LogP contribution in [0.3, 0.4) is 0 Å². The van der Waals surface area contributed by atoms with Crippen LogP contribution in [-0.2, 0) is 0 Å². The minimum absolute atomic E-state index is 0.0664. The van der Waals surface area contributed by atoms with Crippen LogP contribution in [0.1, 0.15) is 29.6 Å². The van der Waals surface area contributed by atoms with E-state index in [0.717, 1.165) is 19.3 Å². The Kier molecular flexibility index (Phi) is 6.52. The van der Waals surface area contributed by atoms with Gasteiger partial charge in [0.15, 0.2) is 0 Å². The molecule has 0 unspecified atom stereocenters. The van der Waals surface area contributed by atoms with Crippen molar-refractivity contribution in [3.8, 4) is 0 Å². The topological polar surface area (TPSA) is 29.1 Å². The van der Waals surface area contributed by atoms with E-state index in [2.05, 4.69) is 21.2 Å². The molecule has 1 aromatic carbocycles. The Bertz CT molecular complexity index is 387. The van der Waals surface area contributed by atoms with E-state index in [-0.39, 0.29) is 11.5 Å².